The van der Waals surface area contributed by atoms with Gasteiger partial charge in [-0.25, -0.2) is 0 Å². The van der Waals surface area contributed by atoms with Crippen LogP contribution in [0, 0.1) is 0 Å². The summed E-state index contributed by atoms with van der Waals surface area (Å²) in [6.45, 7) is 9.52. The number of quaternary nitrogens is 1. The molecular formula is C54H92N+. The molecule has 0 heterocycles. The van der Waals surface area contributed by atoms with E-state index in [9.17, 15) is 0 Å². The summed E-state index contributed by atoms with van der Waals surface area (Å²) in [5, 5.41) is 0. The Balaban J connectivity index is 1.67. The molecule has 1 nitrogen and oxygen atoms in total. The van der Waals surface area contributed by atoms with Gasteiger partial charge in [-0.3, -0.25) is 0 Å². The molecule has 55 heavy (non-hydrogen) atoms. The molecule has 1 heteroatoms. The first-order valence-corrected chi connectivity index (χ1v) is 24.5. The summed E-state index contributed by atoms with van der Waals surface area (Å²) in [7, 11) is 0. The van der Waals surface area contributed by atoms with E-state index in [0.29, 0.717) is 0 Å². The topological polar surface area (TPSA) is 0 Å². The minimum absolute atomic E-state index is 1.16. The summed E-state index contributed by atoms with van der Waals surface area (Å²) in [6.07, 6.45) is 54.3. The van der Waals surface area contributed by atoms with Crippen LogP contribution in [0.2, 0.25) is 0 Å². The highest BCUT2D eigenvalue weighted by Gasteiger charge is 2.27. The minimum Gasteiger partial charge on any atom is -0.316 e. The molecule has 0 unspecified atom stereocenters. The molecule has 0 aliphatic heterocycles. The first-order chi connectivity index (χ1) is 27.3. The molecule has 0 radical (unpaired) electrons. The fourth-order valence-corrected chi connectivity index (χ4v) is 8.52. The van der Waals surface area contributed by atoms with Gasteiger partial charge < -0.3 is 4.48 Å². The van der Waals surface area contributed by atoms with Gasteiger partial charge in [0.25, 0.3) is 0 Å². The molecule has 0 aliphatic rings. The lowest BCUT2D eigenvalue weighted by Gasteiger charge is -2.39. The van der Waals surface area contributed by atoms with Gasteiger partial charge in [0.15, 0.2) is 0 Å². The van der Waals surface area contributed by atoms with E-state index in [1.54, 1.807) is 0 Å². The third kappa shape index (κ3) is 29.7. The maximum absolute atomic E-state index is 2.47. The van der Waals surface area contributed by atoms with Crippen LogP contribution < -0.4 is 0 Å². The van der Waals surface area contributed by atoms with Crippen molar-refractivity contribution in [2.24, 2.45) is 0 Å². The van der Waals surface area contributed by atoms with Crippen molar-refractivity contribution in [2.45, 2.75) is 232 Å². The number of benzene rings is 2. The molecule has 2 aromatic rings. The van der Waals surface area contributed by atoms with Crippen LogP contribution in [0.3, 0.4) is 0 Å². The van der Waals surface area contributed by atoms with Gasteiger partial charge in [-0.1, -0.05) is 227 Å². The Hall–Kier alpha value is -2.12. The molecule has 0 fully saturated rings. The molecule has 0 atom stereocenters. The number of allylic oxidation sites excluding steroid dienone is 4. The van der Waals surface area contributed by atoms with E-state index >= 15 is 0 Å². The van der Waals surface area contributed by atoms with Gasteiger partial charge in [0.2, 0.25) is 0 Å². The molecule has 2 rings (SSSR count). The van der Waals surface area contributed by atoms with E-state index in [1.807, 2.05) is 0 Å². The van der Waals surface area contributed by atoms with Crippen molar-refractivity contribution < 1.29 is 4.48 Å². The SMILES string of the molecule is CCCCCCCCCCC/C=C/CCCCCCC[N+](CCCCCCC/C=C/CCCCCCCCCCC)(Cc1ccccc1)Cc1ccccc1. The third-order valence-electron chi connectivity index (χ3n) is 12.0. The molecule has 0 aromatic heterocycles. The van der Waals surface area contributed by atoms with Crippen molar-refractivity contribution in [3.8, 4) is 0 Å². The standard InChI is InChI=1S/C54H92N/c1-3-5-7-9-11-13-15-17-19-21-23-25-27-29-31-33-35-43-49-55(51-53-45-39-37-40-46-53,52-54-47-41-38-42-48-54)50-44-36-34-32-30-28-26-24-22-20-18-16-14-12-10-8-6-4-2/h23-26,37-42,45-48H,3-22,27-36,43-44,49-52H2,1-2H3/q+1/b25-23+,26-24+. The summed E-state index contributed by atoms with van der Waals surface area (Å²) in [4.78, 5) is 0. The molecule has 0 saturated carbocycles. The van der Waals surface area contributed by atoms with E-state index in [-0.39, 0.29) is 0 Å². The number of hydrogen-bond acceptors (Lipinski definition) is 0. The third-order valence-corrected chi connectivity index (χ3v) is 12.0. The fourth-order valence-electron chi connectivity index (χ4n) is 8.52. The summed E-state index contributed by atoms with van der Waals surface area (Å²) in [6, 6.07) is 22.8. The summed E-state index contributed by atoms with van der Waals surface area (Å²) in [5.74, 6) is 0. The second-order valence-electron chi connectivity index (χ2n) is 17.4. The van der Waals surface area contributed by atoms with Gasteiger partial charge in [-0.15, -0.1) is 0 Å². The molecule has 0 bridgehead atoms. The van der Waals surface area contributed by atoms with Crippen LogP contribution in [0.15, 0.2) is 85.0 Å². The normalized spacial score (nSPS) is 12.1. The quantitative estimate of drug-likeness (QED) is 0.0361. The maximum Gasteiger partial charge on any atom is 0.105 e. The van der Waals surface area contributed by atoms with Gasteiger partial charge in [-0.2, -0.15) is 0 Å². The Labute approximate surface area is 344 Å². The molecular weight excluding hydrogens is 663 g/mol. The van der Waals surface area contributed by atoms with Crippen LogP contribution >= 0.6 is 0 Å². The Morgan fingerprint density at radius 2 is 0.564 bits per heavy atom. The van der Waals surface area contributed by atoms with Crippen LogP contribution in [0.4, 0.5) is 0 Å². The number of nitrogens with zero attached hydrogens (tertiary/aromatic N) is 1. The van der Waals surface area contributed by atoms with Crippen LogP contribution in [-0.2, 0) is 13.1 Å². The Morgan fingerprint density at radius 3 is 0.855 bits per heavy atom. The largest absolute Gasteiger partial charge is 0.316 e. The van der Waals surface area contributed by atoms with Crippen molar-refractivity contribution in [3.63, 3.8) is 0 Å². The van der Waals surface area contributed by atoms with E-state index in [2.05, 4.69) is 98.8 Å². The Kier molecular flexibility index (Phi) is 33.4. The van der Waals surface area contributed by atoms with Crippen molar-refractivity contribution in [3.05, 3.63) is 96.1 Å². The van der Waals surface area contributed by atoms with E-state index in [4.69, 9.17) is 0 Å². The average molecular weight is 755 g/mol. The Bertz CT molecular complexity index is 1010. The van der Waals surface area contributed by atoms with E-state index in [0.717, 1.165) is 13.1 Å². The highest BCUT2D eigenvalue weighted by molar-refractivity contribution is 5.15. The van der Waals surface area contributed by atoms with Crippen LogP contribution in [0.25, 0.3) is 0 Å². The average Bonchev–Trinajstić information content (AvgIpc) is 3.20. The van der Waals surface area contributed by atoms with Gasteiger partial charge in [0.1, 0.15) is 13.1 Å². The van der Waals surface area contributed by atoms with Crippen LogP contribution in [0.5, 0.6) is 0 Å². The monoisotopic (exact) mass is 755 g/mol. The summed E-state index contributed by atoms with van der Waals surface area (Å²) < 4.78 is 1.21. The lowest BCUT2D eigenvalue weighted by atomic mass is 10.0. The highest BCUT2D eigenvalue weighted by Crippen LogP contribution is 2.24. The highest BCUT2D eigenvalue weighted by atomic mass is 15.3. The van der Waals surface area contributed by atoms with Crippen molar-refractivity contribution in [1.29, 1.82) is 0 Å². The molecule has 0 saturated heterocycles. The summed E-state index contributed by atoms with van der Waals surface area (Å²) in [5.41, 5.74) is 3.00. The molecule has 0 spiro atoms. The smallest absolute Gasteiger partial charge is 0.105 e. The van der Waals surface area contributed by atoms with Gasteiger partial charge in [0, 0.05) is 11.1 Å². The second-order valence-corrected chi connectivity index (χ2v) is 17.4. The van der Waals surface area contributed by atoms with Crippen LogP contribution in [-0.4, -0.2) is 17.6 Å². The zero-order valence-electron chi connectivity index (χ0n) is 37.0. The summed E-state index contributed by atoms with van der Waals surface area (Å²) >= 11 is 0. The van der Waals surface area contributed by atoms with Crippen molar-refractivity contribution in [1.82, 2.24) is 0 Å². The molecule has 0 aliphatic carbocycles. The lowest BCUT2D eigenvalue weighted by Crippen LogP contribution is -2.48. The second kappa shape index (κ2) is 37.5. The molecule has 2 aromatic carbocycles. The molecule has 0 N–H and O–H groups in total. The first-order valence-electron chi connectivity index (χ1n) is 24.5. The minimum atomic E-state index is 1.16. The predicted molar refractivity (Wildman–Crippen MR) is 248 cm³/mol. The Morgan fingerprint density at radius 1 is 0.309 bits per heavy atom. The predicted octanol–water partition coefficient (Wildman–Crippen LogP) is 17.8. The van der Waals surface area contributed by atoms with Crippen molar-refractivity contribution in [2.75, 3.05) is 13.1 Å². The maximum atomic E-state index is 2.47. The van der Waals surface area contributed by atoms with Crippen LogP contribution in [0.1, 0.15) is 230 Å². The molecule has 0 amide bonds. The zero-order valence-corrected chi connectivity index (χ0v) is 37.0. The number of unbranched alkanes of at least 4 members (excludes halogenated alkanes) is 28. The van der Waals surface area contributed by atoms with Crippen molar-refractivity contribution >= 4 is 0 Å². The van der Waals surface area contributed by atoms with Gasteiger partial charge in [0.05, 0.1) is 13.1 Å². The zero-order chi connectivity index (χ0) is 39.0. The van der Waals surface area contributed by atoms with E-state index in [1.165, 1.54) is 234 Å². The van der Waals surface area contributed by atoms with E-state index < -0.39 is 0 Å². The number of rotatable bonds is 40. The fraction of sp³-hybridized carbons (Fsp3) is 0.704. The van der Waals surface area contributed by atoms with Gasteiger partial charge in [-0.05, 0) is 77.0 Å². The van der Waals surface area contributed by atoms with Gasteiger partial charge >= 0.3 is 0 Å². The lowest BCUT2D eigenvalue weighted by molar-refractivity contribution is -0.954. The molecule has 312 valence electrons. The first kappa shape index (κ1) is 49.0. The number of hydrogen-bond donors (Lipinski definition) is 0.